The zero-order chi connectivity index (χ0) is 12.5. The molecular weight excluding hydrogens is 270 g/mol. The zero-order valence-corrected chi connectivity index (χ0v) is 12.4. The van der Waals surface area contributed by atoms with Gasteiger partial charge < -0.3 is 10.6 Å². The van der Waals surface area contributed by atoms with Crippen LogP contribution in [0.4, 0.5) is 0 Å². The lowest BCUT2D eigenvalue weighted by Crippen LogP contribution is -2.30. The van der Waals surface area contributed by atoms with Crippen LogP contribution in [0.3, 0.4) is 0 Å². The molecule has 0 spiro atoms. The Morgan fingerprint density at radius 1 is 1.61 bits per heavy atom. The lowest BCUT2D eigenvalue weighted by Gasteiger charge is -2.18. The summed E-state index contributed by atoms with van der Waals surface area (Å²) in [5, 5.41) is 2.80. The van der Waals surface area contributed by atoms with Crippen LogP contribution in [0.2, 0.25) is 0 Å². The minimum Gasteiger partial charge on any atom is -0.337 e. The van der Waals surface area contributed by atoms with E-state index in [9.17, 15) is 4.79 Å². The third kappa shape index (κ3) is 3.43. The summed E-state index contributed by atoms with van der Waals surface area (Å²) in [5.41, 5.74) is 6.30. The molecule has 1 aliphatic rings. The molecule has 1 aromatic rings. The highest BCUT2D eigenvalue weighted by atomic mass is 35.5. The lowest BCUT2D eigenvalue weighted by molar-refractivity contribution is 0.0773. The summed E-state index contributed by atoms with van der Waals surface area (Å²) in [6, 6.07) is 0. The normalized spacial score (nSPS) is 17.6. The average molecular weight is 290 g/mol. The van der Waals surface area contributed by atoms with Gasteiger partial charge in [0.2, 0.25) is 0 Å². The van der Waals surface area contributed by atoms with E-state index < -0.39 is 0 Å². The Kier molecular flexibility index (Phi) is 5.13. The number of nitrogens with two attached hydrogens (primary N) is 1. The summed E-state index contributed by atoms with van der Waals surface area (Å²) in [4.78, 5) is 18.4. The molecule has 0 saturated carbocycles. The second kappa shape index (κ2) is 5.99. The van der Waals surface area contributed by atoms with Crippen molar-refractivity contribution in [2.24, 2.45) is 11.1 Å². The molecule has 1 amide bonds. The van der Waals surface area contributed by atoms with E-state index in [1.165, 1.54) is 11.3 Å². The SMILES string of the molecule is CC1(C)CCN(C(=O)c2csc(CCN)n2)C1.Cl. The standard InChI is InChI=1S/C12H19N3OS.ClH/c1-12(2)4-6-15(8-12)11(16)9-7-17-10(14-9)3-5-13;/h7H,3-6,8,13H2,1-2H3;1H. The van der Waals surface area contributed by atoms with Crippen LogP contribution in [0.15, 0.2) is 5.38 Å². The Morgan fingerprint density at radius 2 is 2.33 bits per heavy atom. The number of hydrogen-bond donors (Lipinski definition) is 1. The lowest BCUT2D eigenvalue weighted by atomic mass is 9.93. The number of carbonyl (C=O) groups is 1. The van der Waals surface area contributed by atoms with Crippen molar-refractivity contribution in [2.45, 2.75) is 26.7 Å². The Labute approximate surface area is 118 Å². The van der Waals surface area contributed by atoms with Gasteiger partial charge in [-0.05, 0) is 18.4 Å². The number of thiazole rings is 1. The highest BCUT2D eigenvalue weighted by Crippen LogP contribution is 2.29. The zero-order valence-electron chi connectivity index (χ0n) is 10.8. The molecule has 4 nitrogen and oxygen atoms in total. The van der Waals surface area contributed by atoms with Gasteiger partial charge in [0.1, 0.15) is 5.69 Å². The third-order valence-corrected chi connectivity index (χ3v) is 4.00. The Hall–Kier alpha value is -0.650. The van der Waals surface area contributed by atoms with Crippen molar-refractivity contribution in [3.8, 4) is 0 Å². The van der Waals surface area contributed by atoms with Crippen molar-refractivity contribution in [2.75, 3.05) is 19.6 Å². The first kappa shape index (κ1) is 15.4. The number of nitrogens with zero attached hydrogens (tertiary/aromatic N) is 2. The minimum absolute atomic E-state index is 0. The van der Waals surface area contributed by atoms with Crippen LogP contribution in [0, 0.1) is 5.41 Å². The number of carbonyl (C=O) groups excluding carboxylic acids is 1. The van der Waals surface area contributed by atoms with Gasteiger partial charge in [-0.1, -0.05) is 13.8 Å². The third-order valence-electron chi connectivity index (χ3n) is 3.09. The number of rotatable bonds is 3. The first-order chi connectivity index (χ1) is 8.02. The van der Waals surface area contributed by atoms with Crippen molar-refractivity contribution >= 4 is 29.7 Å². The van der Waals surface area contributed by atoms with E-state index in [-0.39, 0.29) is 23.7 Å². The molecule has 6 heteroatoms. The number of likely N-dealkylation sites (tertiary alicyclic amines) is 1. The maximum Gasteiger partial charge on any atom is 0.273 e. The summed E-state index contributed by atoms with van der Waals surface area (Å²) < 4.78 is 0. The highest BCUT2D eigenvalue weighted by Gasteiger charge is 2.33. The molecule has 2 N–H and O–H groups in total. The van der Waals surface area contributed by atoms with E-state index in [2.05, 4.69) is 18.8 Å². The van der Waals surface area contributed by atoms with Crippen molar-refractivity contribution < 1.29 is 4.79 Å². The molecule has 0 aliphatic carbocycles. The van der Waals surface area contributed by atoms with Crippen molar-refractivity contribution in [1.29, 1.82) is 0 Å². The molecule has 18 heavy (non-hydrogen) atoms. The minimum atomic E-state index is 0. The molecule has 0 atom stereocenters. The fourth-order valence-electron chi connectivity index (χ4n) is 2.10. The summed E-state index contributed by atoms with van der Waals surface area (Å²) in [6.07, 6.45) is 1.82. The largest absolute Gasteiger partial charge is 0.337 e. The van der Waals surface area contributed by atoms with Gasteiger partial charge in [0, 0.05) is 24.9 Å². The fraction of sp³-hybridized carbons (Fsp3) is 0.667. The average Bonchev–Trinajstić information content (AvgIpc) is 2.85. The van der Waals surface area contributed by atoms with Gasteiger partial charge >= 0.3 is 0 Å². The maximum absolute atomic E-state index is 12.2. The first-order valence-corrected chi connectivity index (χ1v) is 6.83. The van der Waals surface area contributed by atoms with Crippen LogP contribution in [-0.4, -0.2) is 35.4 Å². The van der Waals surface area contributed by atoms with Crippen molar-refractivity contribution in [3.63, 3.8) is 0 Å². The predicted octanol–water partition coefficient (Wildman–Crippen LogP) is 1.94. The monoisotopic (exact) mass is 289 g/mol. The fourth-order valence-corrected chi connectivity index (χ4v) is 2.88. The van der Waals surface area contributed by atoms with Gasteiger partial charge in [0.25, 0.3) is 5.91 Å². The number of aromatic nitrogens is 1. The van der Waals surface area contributed by atoms with Gasteiger partial charge in [0.05, 0.1) is 5.01 Å². The van der Waals surface area contributed by atoms with Gasteiger partial charge in [0.15, 0.2) is 0 Å². The van der Waals surface area contributed by atoms with Crippen molar-refractivity contribution in [3.05, 3.63) is 16.1 Å². The van der Waals surface area contributed by atoms with Gasteiger partial charge in [-0.25, -0.2) is 4.98 Å². The topological polar surface area (TPSA) is 59.2 Å². The van der Waals surface area contributed by atoms with Crippen LogP contribution in [0.1, 0.15) is 35.8 Å². The molecular formula is C12H20ClN3OS. The van der Waals surface area contributed by atoms with Crippen LogP contribution in [-0.2, 0) is 6.42 Å². The van der Waals surface area contributed by atoms with Gasteiger partial charge in [-0.2, -0.15) is 0 Å². The Balaban J connectivity index is 0.00000162. The predicted molar refractivity (Wildman–Crippen MR) is 76.4 cm³/mol. The Morgan fingerprint density at radius 3 is 2.89 bits per heavy atom. The number of halogens is 1. The molecule has 1 aliphatic heterocycles. The smallest absolute Gasteiger partial charge is 0.273 e. The molecule has 0 bridgehead atoms. The molecule has 0 radical (unpaired) electrons. The van der Waals surface area contributed by atoms with Gasteiger partial charge in [-0.15, -0.1) is 23.7 Å². The molecule has 1 fully saturated rings. The van der Waals surface area contributed by atoms with Crippen LogP contribution in [0.5, 0.6) is 0 Å². The molecule has 1 saturated heterocycles. The number of amides is 1. The number of hydrogen-bond acceptors (Lipinski definition) is 4. The quantitative estimate of drug-likeness (QED) is 0.925. The van der Waals surface area contributed by atoms with E-state index in [0.717, 1.165) is 30.9 Å². The van der Waals surface area contributed by atoms with E-state index in [1.807, 2.05) is 10.3 Å². The summed E-state index contributed by atoms with van der Waals surface area (Å²) in [5.74, 6) is 0.0649. The van der Waals surface area contributed by atoms with Crippen LogP contribution >= 0.6 is 23.7 Å². The maximum atomic E-state index is 12.2. The second-order valence-corrected chi connectivity index (χ2v) is 6.25. The molecule has 2 rings (SSSR count). The highest BCUT2D eigenvalue weighted by molar-refractivity contribution is 7.09. The summed E-state index contributed by atoms with van der Waals surface area (Å²) in [6.45, 7) is 6.64. The first-order valence-electron chi connectivity index (χ1n) is 5.95. The molecule has 1 aromatic heterocycles. The van der Waals surface area contributed by atoms with E-state index >= 15 is 0 Å². The van der Waals surface area contributed by atoms with E-state index in [4.69, 9.17) is 5.73 Å². The molecule has 102 valence electrons. The summed E-state index contributed by atoms with van der Waals surface area (Å²) in [7, 11) is 0. The summed E-state index contributed by atoms with van der Waals surface area (Å²) >= 11 is 1.52. The van der Waals surface area contributed by atoms with Crippen molar-refractivity contribution in [1.82, 2.24) is 9.88 Å². The van der Waals surface area contributed by atoms with E-state index in [0.29, 0.717) is 12.2 Å². The van der Waals surface area contributed by atoms with Crippen LogP contribution < -0.4 is 5.73 Å². The Bertz CT molecular complexity index is 419. The molecule has 0 unspecified atom stereocenters. The second-order valence-electron chi connectivity index (χ2n) is 5.31. The molecule has 0 aromatic carbocycles. The van der Waals surface area contributed by atoms with E-state index in [1.54, 1.807) is 0 Å². The van der Waals surface area contributed by atoms with Crippen LogP contribution in [0.25, 0.3) is 0 Å². The van der Waals surface area contributed by atoms with Gasteiger partial charge in [-0.3, -0.25) is 4.79 Å². The molecule has 2 heterocycles.